The van der Waals surface area contributed by atoms with Gasteiger partial charge in [-0.05, 0) is 39.3 Å². The van der Waals surface area contributed by atoms with E-state index in [1.807, 2.05) is 6.07 Å². The summed E-state index contributed by atoms with van der Waals surface area (Å²) in [5.74, 6) is -0.311. The summed E-state index contributed by atoms with van der Waals surface area (Å²) in [6, 6.07) is 8.60. The summed E-state index contributed by atoms with van der Waals surface area (Å²) in [6.07, 6.45) is -0.412. The quantitative estimate of drug-likeness (QED) is 0.810. The number of carbonyl (C=O) groups excluding carboxylic acids is 2. The van der Waals surface area contributed by atoms with Gasteiger partial charge in [0.2, 0.25) is 0 Å². The van der Waals surface area contributed by atoms with Gasteiger partial charge in [-0.3, -0.25) is 9.59 Å². The molecule has 0 fully saturated rings. The molecule has 0 bridgehead atoms. The lowest BCUT2D eigenvalue weighted by Crippen LogP contribution is -2.30. The van der Waals surface area contributed by atoms with Crippen LogP contribution in [-0.2, 0) is 20.7 Å². The Morgan fingerprint density at radius 2 is 2.08 bits per heavy atom. The van der Waals surface area contributed by atoms with Crippen LogP contribution in [0.4, 0.5) is 5.69 Å². The summed E-state index contributed by atoms with van der Waals surface area (Å²) in [5.41, 5.74) is 2.34. The molecule has 0 saturated heterocycles. The topological polar surface area (TPSA) is 105 Å². The number of anilines is 1. The van der Waals surface area contributed by atoms with Gasteiger partial charge in [-0.2, -0.15) is 5.26 Å². The number of ether oxygens (including phenoxy) is 1. The number of para-hydroxylation sites is 1. The van der Waals surface area contributed by atoms with E-state index in [1.165, 1.54) is 6.92 Å². The van der Waals surface area contributed by atoms with Crippen LogP contribution in [0.15, 0.2) is 28.8 Å². The zero-order valence-electron chi connectivity index (χ0n) is 14.3. The summed E-state index contributed by atoms with van der Waals surface area (Å²) in [4.78, 5) is 24.1. The Bertz CT molecular complexity index is 800. The Hall–Kier alpha value is -3.14. The first-order valence-electron chi connectivity index (χ1n) is 7.83. The van der Waals surface area contributed by atoms with Crippen LogP contribution in [0.2, 0.25) is 0 Å². The number of hydrogen-bond acceptors (Lipinski definition) is 6. The molecule has 2 aromatic rings. The number of benzene rings is 1. The average molecular weight is 341 g/mol. The second kappa shape index (κ2) is 8.11. The minimum atomic E-state index is -0.969. The summed E-state index contributed by atoms with van der Waals surface area (Å²) in [5, 5.41) is 15.4. The van der Waals surface area contributed by atoms with Crippen molar-refractivity contribution in [1.82, 2.24) is 5.16 Å². The van der Waals surface area contributed by atoms with Crippen molar-refractivity contribution in [1.29, 1.82) is 5.26 Å². The van der Waals surface area contributed by atoms with E-state index in [4.69, 9.17) is 14.5 Å². The number of amides is 1. The van der Waals surface area contributed by atoms with Crippen molar-refractivity contribution in [3.8, 4) is 6.07 Å². The van der Waals surface area contributed by atoms with E-state index in [2.05, 4.69) is 10.5 Å². The molecule has 0 aliphatic rings. The van der Waals surface area contributed by atoms with Gasteiger partial charge in [0.25, 0.3) is 5.91 Å². The van der Waals surface area contributed by atoms with Gasteiger partial charge in [-0.25, -0.2) is 0 Å². The third-order valence-electron chi connectivity index (χ3n) is 3.74. The fourth-order valence-electron chi connectivity index (χ4n) is 2.32. The number of nitrogens with one attached hydrogen (secondary N) is 1. The fourth-order valence-corrected chi connectivity index (χ4v) is 2.32. The van der Waals surface area contributed by atoms with Gasteiger partial charge in [-0.15, -0.1) is 0 Å². The van der Waals surface area contributed by atoms with E-state index in [0.29, 0.717) is 23.4 Å². The molecule has 1 unspecified atom stereocenters. The van der Waals surface area contributed by atoms with Crippen LogP contribution in [0.1, 0.15) is 35.9 Å². The molecule has 1 amide bonds. The normalized spacial score (nSPS) is 11.4. The predicted octanol–water partition coefficient (Wildman–Crippen LogP) is 2.67. The van der Waals surface area contributed by atoms with Gasteiger partial charge in [0.1, 0.15) is 11.8 Å². The predicted molar refractivity (Wildman–Crippen MR) is 89.6 cm³/mol. The lowest BCUT2D eigenvalue weighted by molar-refractivity contribution is -0.153. The number of nitrogens with zero attached hydrogens (tertiary/aromatic N) is 2. The zero-order chi connectivity index (χ0) is 18.4. The van der Waals surface area contributed by atoms with E-state index >= 15 is 0 Å². The van der Waals surface area contributed by atoms with Crippen LogP contribution in [0.25, 0.3) is 0 Å². The van der Waals surface area contributed by atoms with Crippen LogP contribution >= 0.6 is 0 Å². The Kier molecular flexibility index (Phi) is 5.90. The van der Waals surface area contributed by atoms with Gasteiger partial charge in [-0.1, -0.05) is 17.3 Å². The molecular weight excluding hydrogens is 322 g/mol. The minimum absolute atomic E-state index is 0.120. The molecule has 130 valence electrons. The van der Waals surface area contributed by atoms with Gasteiger partial charge in [0.05, 0.1) is 16.9 Å². The molecule has 7 heteroatoms. The maximum Gasteiger partial charge on any atom is 0.306 e. The number of nitriles is 1. The first kappa shape index (κ1) is 18.2. The summed E-state index contributed by atoms with van der Waals surface area (Å²) >= 11 is 0. The van der Waals surface area contributed by atoms with Crippen LogP contribution in [0.5, 0.6) is 0 Å². The largest absolute Gasteiger partial charge is 0.453 e. The number of hydrogen-bond donors (Lipinski definition) is 1. The maximum atomic E-state index is 12.1. The molecule has 1 N–H and O–H groups in total. The number of aryl methyl sites for hydroxylation is 2. The third kappa shape index (κ3) is 4.67. The fraction of sp³-hybridized carbons (Fsp3) is 0.333. The second-order valence-electron chi connectivity index (χ2n) is 5.58. The SMILES string of the molecule is Cc1noc(C)c1CCC(=O)OC(C)C(=O)Nc1ccccc1C#N. The van der Waals surface area contributed by atoms with E-state index in [0.717, 1.165) is 11.3 Å². The van der Waals surface area contributed by atoms with Crippen molar-refractivity contribution >= 4 is 17.6 Å². The summed E-state index contributed by atoms with van der Waals surface area (Å²) < 4.78 is 10.2. The number of rotatable bonds is 6. The van der Waals surface area contributed by atoms with E-state index in [-0.39, 0.29) is 6.42 Å². The van der Waals surface area contributed by atoms with E-state index in [9.17, 15) is 9.59 Å². The van der Waals surface area contributed by atoms with E-state index in [1.54, 1.807) is 38.1 Å². The molecule has 0 aliphatic heterocycles. The van der Waals surface area contributed by atoms with Gasteiger partial charge >= 0.3 is 5.97 Å². The molecule has 0 aliphatic carbocycles. The van der Waals surface area contributed by atoms with Gasteiger partial charge in [0, 0.05) is 12.0 Å². The van der Waals surface area contributed by atoms with Gasteiger partial charge in [0.15, 0.2) is 6.10 Å². The lowest BCUT2D eigenvalue weighted by Gasteiger charge is -2.14. The summed E-state index contributed by atoms with van der Waals surface area (Å²) in [6.45, 7) is 5.07. The third-order valence-corrected chi connectivity index (χ3v) is 3.74. The summed E-state index contributed by atoms with van der Waals surface area (Å²) in [7, 11) is 0. The number of aromatic nitrogens is 1. The molecule has 1 aromatic heterocycles. The smallest absolute Gasteiger partial charge is 0.306 e. The molecule has 0 saturated carbocycles. The highest BCUT2D eigenvalue weighted by Gasteiger charge is 2.19. The van der Waals surface area contributed by atoms with Crippen LogP contribution < -0.4 is 5.32 Å². The van der Waals surface area contributed by atoms with Gasteiger partial charge < -0.3 is 14.6 Å². The number of carbonyl (C=O) groups is 2. The molecule has 1 aromatic carbocycles. The van der Waals surface area contributed by atoms with Crippen molar-refractivity contribution in [3.63, 3.8) is 0 Å². The van der Waals surface area contributed by atoms with Crippen LogP contribution in [0, 0.1) is 25.2 Å². The van der Waals surface area contributed by atoms with Crippen molar-refractivity contribution in [2.75, 3.05) is 5.32 Å². The Balaban J connectivity index is 1.88. The second-order valence-corrected chi connectivity index (χ2v) is 5.58. The van der Waals surface area contributed by atoms with E-state index < -0.39 is 18.0 Å². The molecule has 25 heavy (non-hydrogen) atoms. The monoisotopic (exact) mass is 341 g/mol. The maximum absolute atomic E-state index is 12.1. The van der Waals surface area contributed by atoms with Crippen LogP contribution in [0.3, 0.4) is 0 Å². The average Bonchev–Trinajstić information content (AvgIpc) is 2.91. The van der Waals surface area contributed by atoms with Crippen molar-refractivity contribution < 1.29 is 18.8 Å². The zero-order valence-corrected chi connectivity index (χ0v) is 14.3. The highest BCUT2D eigenvalue weighted by atomic mass is 16.5. The Morgan fingerprint density at radius 1 is 1.36 bits per heavy atom. The first-order valence-corrected chi connectivity index (χ1v) is 7.83. The van der Waals surface area contributed by atoms with Crippen LogP contribution in [-0.4, -0.2) is 23.1 Å². The Morgan fingerprint density at radius 3 is 2.72 bits per heavy atom. The highest BCUT2D eigenvalue weighted by molar-refractivity contribution is 5.96. The molecule has 0 spiro atoms. The Labute approximate surface area is 145 Å². The standard InChI is InChI=1S/C18H19N3O4/c1-11-15(12(2)25-21-11)8-9-17(22)24-13(3)18(23)20-16-7-5-4-6-14(16)10-19/h4-7,13H,8-9H2,1-3H3,(H,20,23). The number of esters is 1. The molecule has 1 heterocycles. The minimum Gasteiger partial charge on any atom is -0.453 e. The molecule has 2 rings (SSSR count). The molecular formula is C18H19N3O4. The molecule has 7 nitrogen and oxygen atoms in total. The molecule has 0 radical (unpaired) electrons. The van der Waals surface area contributed by atoms with Crippen molar-refractivity contribution in [2.45, 2.75) is 39.7 Å². The van der Waals surface area contributed by atoms with Crippen molar-refractivity contribution in [2.24, 2.45) is 0 Å². The lowest BCUT2D eigenvalue weighted by atomic mass is 10.1. The molecule has 1 atom stereocenters. The van der Waals surface area contributed by atoms with Crippen molar-refractivity contribution in [3.05, 3.63) is 46.8 Å². The first-order chi connectivity index (χ1) is 11.9. The highest BCUT2D eigenvalue weighted by Crippen LogP contribution is 2.16.